The summed E-state index contributed by atoms with van der Waals surface area (Å²) in [5.74, 6) is 0. The lowest BCUT2D eigenvalue weighted by molar-refractivity contribution is 0.00230. The molecule has 0 aromatic carbocycles. The molecule has 0 saturated heterocycles. The van der Waals surface area contributed by atoms with Crippen LogP contribution < -0.4 is 5.50 Å². The standard InChI is InChI=1S/C8H18O5.C6H16NO2P/c9-1-3-11-5-7-13-8-6-12-4-2-10;1-5(2)8-10(7)9-6(3)4/h9-10H,1-8H2;5-6H,7H2,1-4H3. The Labute approximate surface area is 141 Å². The smallest absolute Gasteiger partial charge is 0.253 e. The Morgan fingerprint density at radius 3 is 1.26 bits per heavy atom. The third kappa shape index (κ3) is 27.3. The van der Waals surface area contributed by atoms with Gasteiger partial charge in [0.1, 0.15) is 0 Å². The number of hydrogen-bond donors (Lipinski definition) is 3. The van der Waals surface area contributed by atoms with Crippen LogP contribution in [0.25, 0.3) is 0 Å². The fourth-order valence-electron chi connectivity index (χ4n) is 1.11. The van der Waals surface area contributed by atoms with Crippen LogP contribution in [0.2, 0.25) is 0 Å². The molecule has 0 aliphatic carbocycles. The van der Waals surface area contributed by atoms with E-state index in [1.54, 1.807) is 0 Å². The molecule has 0 rings (SSSR count). The highest BCUT2D eigenvalue weighted by Gasteiger charge is 2.07. The molecule has 0 aliphatic heterocycles. The van der Waals surface area contributed by atoms with Gasteiger partial charge in [-0.25, -0.2) is 0 Å². The summed E-state index contributed by atoms with van der Waals surface area (Å²) in [6.07, 6.45) is 0.296. The molecule has 0 aliphatic rings. The van der Waals surface area contributed by atoms with Crippen molar-refractivity contribution in [1.82, 2.24) is 0 Å². The van der Waals surface area contributed by atoms with Gasteiger partial charge in [-0.15, -0.1) is 0 Å². The van der Waals surface area contributed by atoms with Crippen molar-refractivity contribution in [3.8, 4) is 0 Å². The second-order valence-electron chi connectivity index (χ2n) is 4.88. The molecular weight excluding hydrogens is 325 g/mol. The van der Waals surface area contributed by atoms with E-state index in [1.807, 2.05) is 27.7 Å². The minimum atomic E-state index is -1.16. The van der Waals surface area contributed by atoms with Gasteiger partial charge >= 0.3 is 0 Å². The number of aliphatic hydroxyl groups excluding tert-OH is 2. The maximum absolute atomic E-state index is 8.36. The average molecular weight is 359 g/mol. The molecule has 0 unspecified atom stereocenters. The van der Waals surface area contributed by atoms with Crippen molar-refractivity contribution in [2.45, 2.75) is 39.9 Å². The molecule has 0 saturated carbocycles. The third-order valence-corrected chi connectivity index (χ3v) is 3.10. The van der Waals surface area contributed by atoms with Gasteiger partial charge in [0.25, 0.3) is 8.53 Å². The Kier molecular flexibility index (Phi) is 22.2. The second kappa shape index (κ2) is 20.2. The maximum atomic E-state index is 8.36. The Morgan fingerprint density at radius 2 is 1.00 bits per heavy atom. The normalized spacial score (nSPS) is 11.2. The van der Waals surface area contributed by atoms with Crippen molar-refractivity contribution in [2.24, 2.45) is 5.50 Å². The quantitative estimate of drug-likeness (QED) is 0.311. The topological polar surface area (TPSA) is 113 Å². The van der Waals surface area contributed by atoms with Gasteiger partial charge in [0.05, 0.1) is 65.1 Å². The summed E-state index contributed by atoms with van der Waals surface area (Å²) in [5, 5.41) is 16.7. The van der Waals surface area contributed by atoms with Crippen LogP contribution in [0.5, 0.6) is 0 Å². The lowest BCUT2D eigenvalue weighted by Crippen LogP contribution is -2.11. The molecular formula is C14H34NO7P. The van der Waals surface area contributed by atoms with Crippen molar-refractivity contribution < 1.29 is 33.5 Å². The molecule has 0 fully saturated rings. The van der Waals surface area contributed by atoms with E-state index in [4.69, 9.17) is 39.0 Å². The molecule has 0 aromatic rings. The first-order valence-corrected chi connectivity index (χ1v) is 9.02. The minimum absolute atomic E-state index is 0.0413. The molecule has 23 heavy (non-hydrogen) atoms. The molecule has 0 spiro atoms. The first-order chi connectivity index (χ1) is 10.9. The average Bonchev–Trinajstić information content (AvgIpc) is 2.44. The molecule has 0 atom stereocenters. The number of hydrogen-bond acceptors (Lipinski definition) is 8. The Balaban J connectivity index is 0. The van der Waals surface area contributed by atoms with E-state index < -0.39 is 8.53 Å². The summed E-state index contributed by atoms with van der Waals surface area (Å²) in [6.45, 7) is 10.5. The van der Waals surface area contributed by atoms with Gasteiger partial charge in [-0.2, -0.15) is 0 Å². The molecule has 0 aromatic heterocycles. The number of rotatable bonds is 14. The zero-order valence-electron chi connectivity index (χ0n) is 14.8. The summed E-state index contributed by atoms with van der Waals surface area (Å²) in [6, 6.07) is 0. The van der Waals surface area contributed by atoms with Gasteiger partial charge < -0.3 is 33.5 Å². The van der Waals surface area contributed by atoms with Gasteiger partial charge in [0.15, 0.2) is 0 Å². The Bertz CT molecular complexity index is 203. The molecule has 8 nitrogen and oxygen atoms in total. The summed E-state index contributed by atoms with van der Waals surface area (Å²) >= 11 is 0. The van der Waals surface area contributed by atoms with E-state index in [-0.39, 0.29) is 25.4 Å². The molecule has 0 radical (unpaired) electrons. The van der Waals surface area contributed by atoms with E-state index in [9.17, 15) is 0 Å². The van der Waals surface area contributed by atoms with Crippen LogP contribution in [0.15, 0.2) is 0 Å². The Hall–Kier alpha value is 0.110. The summed E-state index contributed by atoms with van der Waals surface area (Å²) < 4.78 is 25.4. The van der Waals surface area contributed by atoms with Crippen LogP contribution in [0.1, 0.15) is 27.7 Å². The van der Waals surface area contributed by atoms with Crippen LogP contribution in [-0.4, -0.2) is 75.3 Å². The zero-order valence-corrected chi connectivity index (χ0v) is 15.7. The van der Waals surface area contributed by atoms with Crippen molar-refractivity contribution >= 4 is 8.53 Å². The predicted octanol–water partition coefficient (Wildman–Crippen LogP) is 1.04. The lowest BCUT2D eigenvalue weighted by Gasteiger charge is -2.16. The SMILES string of the molecule is CC(C)OP(N)OC(C)C.OCCOCCOCCOCCO. The zero-order chi connectivity index (χ0) is 17.9. The molecule has 9 heteroatoms. The van der Waals surface area contributed by atoms with Crippen molar-refractivity contribution in [3.63, 3.8) is 0 Å². The summed E-state index contributed by atoms with van der Waals surface area (Å²) in [7, 11) is -1.16. The van der Waals surface area contributed by atoms with E-state index in [2.05, 4.69) is 0 Å². The molecule has 0 heterocycles. The largest absolute Gasteiger partial charge is 0.394 e. The van der Waals surface area contributed by atoms with Gasteiger partial charge in [-0.1, -0.05) is 0 Å². The summed E-state index contributed by atoms with van der Waals surface area (Å²) in [4.78, 5) is 0. The van der Waals surface area contributed by atoms with E-state index in [0.29, 0.717) is 39.6 Å². The number of aliphatic hydroxyl groups is 2. The van der Waals surface area contributed by atoms with E-state index >= 15 is 0 Å². The molecule has 0 bridgehead atoms. The third-order valence-electron chi connectivity index (χ3n) is 1.84. The van der Waals surface area contributed by atoms with Crippen LogP contribution in [0.4, 0.5) is 0 Å². The monoisotopic (exact) mass is 359 g/mol. The molecule has 0 amide bonds. The number of nitrogens with two attached hydrogens (primary N) is 1. The molecule has 4 N–H and O–H groups in total. The first kappa shape index (κ1) is 25.4. The van der Waals surface area contributed by atoms with Crippen LogP contribution in [0.3, 0.4) is 0 Å². The minimum Gasteiger partial charge on any atom is -0.394 e. The second-order valence-corrected chi connectivity index (χ2v) is 5.87. The highest BCUT2D eigenvalue weighted by molar-refractivity contribution is 7.44. The fourth-order valence-corrected chi connectivity index (χ4v) is 1.99. The fraction of sp³-hybridized carbons (Fsp3) is 1.00. The lowest BCUT2D eigenvalue weighted by atomic mass is 10.5. The highest BCUT2D eigenvalue weighted by atomic mass is 31.2. The van der Waals surface area contributed by atoms with Gasteiger partial charge in [0.2, 0.25) is 0 Å². The van der Waals surface area contributed by atoms with E-state index in [1.165, 1.54) is 0 Å². The predicted molar refractivity (Wildman–Crippen MR) is 90.2 cm³/mol. The molecule has 142 valence electrons. The van der Waals surface area contributed by atoms with Crippen molar-refractivity contribution in [3.05, 3.63) is 0 Å². The van der Waals surface area contributed by atoms with Crippen LogP contribution in [-0.2, 0) is 23.3 Å². The number of ether oxygens (including phenoxy) is 3. The van der Waals surface area contributed by atoms with Gasteiger partial charge in [-0.3, -0.25) is 5.50 Å². The highest BCUT2D eigenvalue weighted by Crippen LogP contribution is 2.31. The van der Waals surface area contributed by atoms with E-state index in [0.717, 1.165) is 0 Å². The van der Waals surface area contributed by atoms with Gasteiger partial charge in [0, 0.05) is 0 Å². The Morgan fingerprint density at radius 1 is 0.696 bits per heavy atom. The summed E-state index contributed by atoms with van der Waals surface area (Å²) in [5.41, 5.74) is 5.50. The van der Waals surface area contributed by atoms with Crippen molar-refractivity contribution in [2.75, 3.05) is 52.9 Å². The van der Waals surface area contributed by atoms with Gasteiger partial charge in [-0.05, 0) is 27.7 Å². The first-order valence-electron chi connectivity index (χ1n) is 7.77. The van der Waals surface area contributed by atoms with Crippen LogP contribution in [0, 0.1) is 0 Å². The van der Waals surface area contributed by atoms with Crippen molar-refractivity contribution in [1.29, 1.82) is 0 Å². The maximum Gasteiger partial charge on any atom is 0.253 e. The van der Waals surface area contributed by atoms with Crippen LogP contribution >= 0.6 is 8.53 Å².